The summed E-state index contributed by atoms with van der Waals surface area (Å²) in [7, 11) is 1.56. The van der Waals surface area contributed by atoms with Crippen LogP contribution in [0.4, 0.5) is 0 Å². The van der Waals surface area contributed by atoms with Crippen molar-refractivity contribution >= 4 is 6.08 Å². The normalized spacial score (nSPS) is 11.5. The maximum atomic E-state index is 10.00. The number of ether oxygens (including phenoxy) is 1. The molecule has 0 aliphatic carbocycles. The van der Waals surface area contributed by atoms with Crippen molar-refractivity contribution in [2.24, 2.45) is 4.99 Å². The Hall–Kier alpha value is -1.67. The first-order chi connectivity index (χ1) is 6.27. The van der Waals surface area contributed by atoms with Gasteiger partial charge in [-0.25, -0.2) is 4.79 Å². The maximum absolute atomic E-state index is 10.00. The van der Waals surface area contributed by atoms with Crippen LogP contribution in [0.3, 0.4) is 0 Å². The molecule has 4 heteroatoms. The van der Waals surface area contributed by atoms with Crippen molar-refractivity contribution in [2.75, 3.05) is 7.11 Å². The van der Waals surface area contributed by atoms with Gasteiger partial charge < -0.3 is 4.74 Å². The molecule has 1 rings (SSSR count). The van der Waals surface area contributed by atoms with Crippen LogP contribution < -0.4 is 4.74 Å². The van der Waals surface area contributed by atoms with Gasteiger partial charge in [-0.15, -0.1) is 0 Å². The largest absolute Gasteiger partial charge is 0.495 e. The molecule has 0 aromatic carbocycles. The molecule has 1 aromatic rings. The Balaban J connectivity index is 2.94. The van der Waals surface area contributed by atoms with Crippen molar-refractivity contribution in [2.45, 2.75) is 13.0 Å². The van der Waals surface area contributed by atoms with Gasteiger partial charge in [0.2, 0.25) is 6.08 Å². The fourth-order valence-corrected chi connectivity index (χ4v) is 0.929. The van der Waals surface area contributed by atoms with Gasteiger partial charge in [0.25, 0.3) is 0 Å². The molecule has 0 bridgehead atoms. The van der Waals surface area contributed by atoms with Crippen LogP contribution in [0, 0.1) is 0 Å². The topological polar surface area (TPSA) is 51.6 Å². The fraction of sp³-hybridized carbons (Fsp3) is 0.333. The minimum atomic E-state index is -0.222. The second kappa shape index (κ2) is 4.38. The van der Waals surface area contributed by atoms with Crippen LogP contribution in [0.1, 0.15) is 18.5 Å². The van der Waals surface area contributed by atoms with E-state index in [0.717, 1.165) is 5.56 Å². The number of nitrogens with zero attached hydrogens (tertiary/aromatic N) is 2. The third-order valence-corrected chi connectivity index (χ3v) is 1.70. The molecule has 0 radical (unpaired) electrons. The van der Waals surface area contributed by atoms with E-state index < -0.39 is 0 Å². The highest BCUT2D eigenvalue weighted by Gasteiger charge is 2.04. The summed E-state index contributed by atoms with van der Waals surface area (Å²) in [5.74, 6) is 0.658. The van der Waals surface area contributed by atoms with Gasteiger partial charge in [0.15, 0.2) is 0 Å². The lowest BCUT2D eigenvalue weighted by Gasteiger charge is -2.05. The van der Waals surface area contributed by atoms with E-state index in [1.165, 1.54) is 6.08 Å². The lowest BCUT2D eigenvalue weighted by Crippen LogP contribution is -1.92. The van der Waals surface area contributed by atoms with Crippen molar-refractivity contribution in [3.05, 3.63) is 24.0 Å². The van der Waals surface area contributed by atoms with Crippen molar-refractivity contribution in [3.63, 3.8) is 0 Å². The summed E-state index contributed by atoms with van der Waals surface area (Å²) < 4.78 is 4.98. The molecule has 0 aliphatic heterocycles. The van der Waals surface area contributed by atoms with Gasteiger partial charge in [-0.2, -0.15) is 4.99 Å². The number of pyridine rings is 1. The molecule has 0 spiro atoms. The summed E-state index contributed by atoms with van der Waals surface area (Å²) >= 11 is 0. The molecule has 1 aromatic heterocycles. The zero-order chi connectivity index (χ0) is 9.68. The smallest absolute Gasteiger partial charge is 0.235 e. The molecule has 1 atom stereocenters. The van der Waals surface area contributed by atoms with E-state index >= 15 is 0 Å². The number of isocyanates is 1. The predicted molar refractivity (Wildman–Crippen MR) is 47.3 cm³/mol. The van der Waals surface area contributed by atoms with Crippen LogP contribution in [0.2, 0.25) is 0 Å². The Morgan fingerprint density at radius 3 is 3.00 bits per heavy atom. The molecule has 1 unspecified atom stereocenters. The Kier molecular flexibility index (Phi) is 3.17. The van der Waals surface area contributed by atoms with E-state index in [0.29, 0.717) is 5.75 Å². The molecule has 1 heterocycles. The lowest BCUT2D eigenvalue weighted by atomic mass is 10.1. The molecular weight excluding hydrogens is 168 g/mol. The number of methoxy groups -OCH3 is 1. The molecule has 13 heavy (non-hydrogen) atoms. The Morgan fingerprint density at radius 2 is 2.38 bits per heavy atom. The number of carbonyl (C=O) groups excluding carboxylic acids is 1. The number of rotatable bonds is 3. The first-order valence-corrected chi connectivity index (χ1v) is 3.84. The Morgan fingerprint density at radius 1 is 1.62 bits per heavy atom. The quantitative estimate of drug-likeness (QED) is 0.520. The highest BCUT2D eigenvalue weighted by Crippen LogP contribution is 2.19. The van der Waals surface area contributed by atoms with Gasteiger partial charge >= 0.3 is 0 Å². The van der Waals surface area contributed by atoms with Crippen molar-refractivity contribution < 1.29 is 9.53 Å². The Bertz CT molecular complexity index is 332. The summed E-state index contributed by atoms with van der Waals surface area (Å²) in [6.07, 6.45) is 4.75. The summed E-state index contributed by atoms with van der Waals surface area (Å²) in [5, 5.41) is 0. The van der Waals surface area contributed by atoms with Crippen LogP contribution in [0.25, 0.3) is 0 Å². The summed E-state index contributed by atoms with van der Waals surface area (Å²) in [6.45, 7) is 1.79. The van der Waals surface area contributed by atoms with Crippen LogP contribution in [-0.4, -0.2) is 18.2 Å². The Labute approximate surface area is 76.3 Å². The molecular formula is C9H10N2O2. The first-order valence-electron chi connectivity index (χ1n) is 3.84. The van der Waals surface area contributed by atoms with Gasteiger partial charge in [0.1, 0.15) is 5.75 Å². The third kappa shape index (κ3) is 2.39. The number of hydrogen-bond acceptors (Lipinski definition) is 4. The number of aromatic nitrogens is 1. The molecule has 0 N–H and O–H groups in total. The van der Waals surface area contributed by atoms with E-state index in [1.807, 2.05) is 0 Å². The highest BCUT2D eigenvalue weighted by atomic mass is 16.5. The molecule has 0 aliphatic rings. The number of hydrogen-bond donors (Lipinski definition) is 0. The van der Waals surface area contributed by atoms with Crippen LogP contribution >= 0.6 is 0 Å². The van der Waals surface area contributed by atoms with Crippen LogP contribution in [0.5, 0.6) is 5.75 Å². The monoisotopic (exact) mass is 178 g/mol. The molecule has 0 fully saturated rings. The van der Waals surface area contributed by atoms with Crippen LogP contribution in [0.15, 0.2) is 23.5 Å². The first kappa shape index (κ1) is 9.42. The van der Waals surface area contributed by atoms with E-state index in [9.17, 15) is 4.79 Å². The van der Waals surface area contributed by atoms with Crippen molar-refractivity contribution in [1.82, 2.24) is 4.98 Å². The minimum absolute atomic E-state index is 0.222. The zero-order valence-corrected chi connectivity index (χ0v) is 7.52. The van der Waals surface area contributed by atoms with Gasteiger partial charge in [-0.05, 0) is 18.6 Å². The zero-order valence-electron chi connectivity index (χ0n) is 7.52. The standard InChI is InChI=1S/C9H10N2O2/c1-7(11-6-12)8-3-9(13-2)5-10-4-8/h3-5,7H,1-2H3. The van der Waals surface area contributed by atoms with Crippen molar-refractivity contribution in [1.29, 1.82) is 0 Å². The average Bonchev–Trinajstić information content (AvgIpc) is 2.18. The van der Waals surface area contributed by atoms with E-state index in [-0.39, 0.29) is 6.04 Å². The van der Waals surface area contributed by atoms with Crippen molar-refractivity contribution in [3.8, 4) is 5.75 Å². The summed E-state index contributed by atoms with van der Waals surface area (Å²) in [6, 6.07) is 1.57. The maximum Gasteiger partial charge on any atom is 0.235 e. The lowest BCUT2D eigenvalue weighted by molar-refractivity contribution is 0.412. The predicted octanol–water partition coefficient (Wildman–Crippen LogP) is 1.49. The second-order valence-electron chi connectivity index (χ2n) is 2.55. The van der Waals surface area contributed by atoms with E-state index in [2.05, 4.69) is 9.98 Å². The van der Waals surface area contributed by atoms with Gasteiger partial charge in [0.05, 0.1) is 19.3 Å². The molecule has 4 nitrogen and oxygen atoms in total. The minimum Gasteiger partial charge on any atom is -0.495 e. The van der Waals surface area contributed by atoms with Gasteiger partial charge in [-0.3, -0.25) is 4.98 Å². The van der Waals surface area contributed by atoms with Gasteiger partial charge in [0, 0.05) is 6.20 Å². The average molecular weight is 178 g/mol. The second-order valence-corrected chi connectivity index (χ2v) is 2.55. The molecule has 0 saturated carbocycles. The molecule has 0 saturated heterocycles. The SMILES string of the molecule is COc1cncc(C(C)N=C=O)c1. The van der Waals surface area contributed by atoms with E-state index in [4.69, 9.17) is 4.74 Å². The fourth-order valence-electron chi connectivity index (χ4n) is 0.929. The summed E-state index contributed by atoms with van der Waals surface area (Å²) in [4.78, 5) is 17.5. The molecule has 0 amide bonds. The van der Waals surface area contributed by atoms with E-state index in [1.54, 1.807) is 32.5 Å². The third-order valence-electron chi connectivity index (χ3n) is 1.70. The summed E-state index contributed by atoms with van der Waals surface area (Å²) in [5.41, 5.74) is 0.836. The number of aliphatic imine (C=N–C) groups is 1. The molecule has 68 valence electrons. The van der Waals surface area contributed by atoms with Crippen LogP contribution in [-0.2, 0) is 4.79 Å². The highest BCUT2D eigenvalue weighted by molar-refractivity contribution is 5.35. The van der Waals surface area contributed by atoms with Gasteiger partial charge in [-0.1, -0.05) is 0 Å².